The lowest BCUT2D eigenvalue weighted by Crippen LogP contribution is -1.90. The quantitative estimate of drug-likeness (QED) is 0.629. The van der Waals surface area contributed by atoms with Gasteiger partial charge in [-0.1, -0.05) is 65.3 Å². The molecule has 1 rings (SSSR count). The molecule has 0 nitrogen and oxygen atoms in total. The van der Waals surface area contributed by atoms with Crippen LogP contribution in [0.1, 0.15) is 58.2 Å². The number of hydrogen-bond acceptors (Lipinski definition) is 0. The first-order valence-corrected chi connectivity index (χ1v) is 5.77. The Hall–Kier alpha value is -0.780. The second kappa shape index (κ2) is 9.76. The first-order chi connectivity index (χ1) is 6.69. The predicted molar refractivity (Wildman–Crippen MR) is 72.6 cm³/mol. The van der Waals surface area contributed by atoms with Gasteiger partial charge in [0.2, 0.25) is 0 Å². The van der Waals surface area contributed by atoms with Gasteiger partial charge in [-0.15, -0.1) is 0 Å². The van der Waals surface area contributed by atoms with Gasteiger partial charge >= 0.3 is 0 Å². The van der Waals surface area contributed by atoms with Crippen molar-refractivity contribution in [2.75, 3.05) is 0 Å². The maximum Gasteiger partial charge on any atom is -0.0305 e. The van der Waals surface area contributed by atoms with Crippen LogP contribution in [-0.2, 0) is 12.8 Å². The Morgan fingerprint density at radius 3 is 1.73 bits per heavy atom. The van der Waals surface area contributed by atoms with Crippen LogP contribution < -0.4 is 0 Å². The van der Waals surface area contributed by atoms with Crippen LogP contribution in [0.3, 0.4) is 0 Å². The molecule has 0 aliphatic rings. The zero-order chi connectivity index (χ0) is 11.0. The van der Waals surface area contributed by atoms with Gasteiger partial charge in [-0.2, -0.15) is 0 Å². The standard InChI is InChI=1S/C11H16.C3H8.CH4/c1-4-10-7-6-9(3)8-11(10)5-2;1-3-2;/h6-8H,4-5H2,1-3H3;3H2,1-2H3;1H4. The summed E-state index contributed by atoms with van der Waals surface area (Å²) < 4.78 is 0. The van der Waals surface area contributed by atoms with Crippen LogP contribution in [0.5, 0.6) is 0 Å². The lowest BCUT2D eigenvalue weighted by Gasteiger charge is -2.05. The van der Waals surface area contributed by atoms with Gasteiger partial charge in [-0.05, 0) is 30.9 Å². The number of benzene rings is 1. The monoisotopic (exact) mass is 208 g/mol. The van der Waals surface area contributed by atoms with E-state index in [1.807, 2.05) is 0 Å². The SMILES string of the molecule is C.CCC.CCc1ccc(C)cc1CC. The van der Waals surface area contributed by atoms with Crippen molar-refractivity contribution in [2.24, 2.45) is 0 Å². The van der Waals surface area contributed by atoms with Crippen molar-refractivity contribution in [3.8, 4) is 0 Å². The van der Waals surface area contributed by atoms with Crippen molar-refractivity contribution >= 4 is 0 Å². The summed E-state index contributed by atoms with van der Waals surface area (Å²) >= 11 is 0. The highest BCUT2D eigenvalue weighted by molar-refractivity contribution is 5.31. The second-order valence-corrected chi connectivity index (χ2v) is 3.69. The minimum absolute atomic E-state index is 0. The summed E-state index contributed by atoms with van der Waals surface area (Å²) in [6, 6.07) is 6.73. The number of aryl methyl sites for hydroxylation is 3. The fraction of sp³-hybridized carbons (Fsp3) is 0.600. The summed E-state index contributed by atoms with van der Waals surface area (Å²) in [4.78, 5) is 0. The lowest BCUT2D eigenvalue weighted by molar-refractivity contribution is 1.03. The van der Waals surface area contributed by atoms with Gasteiger partial charge in [0.05, 0.1) is 0 Å². The Balaban J connectivity index is 0. The molecule has 0 bridgehead atoms. The van der Waals surface area contributed by atoms with Gasteiger partial charge < -0.3 is 0 Å². The van der Waals surface area contributed by atoms with Crippen molar-refractivity contribution in [3.63, 3.8) is 0 Å². The Morgan fingerprint density at radius 2 is 1.33 bits per heavy atom. The summed E-state index contributed by atoms with van der Waals surface area (Å²) in [7, 11) is 0. The average Bonchev–Trinajstić information content (AvgIpc) is 2.19. The van der Waals surface area contributed by atoms with E-state index in [9.17, 15) is 0 Å². The third-order valence-electron chi connectivity index (χ3n) is 2.12. The Kier molecular flexibility index (Phi) is 10.8. The van der Waals surface area contributed by atoms with Crippen LogP contribution >= 0.6 is 0 Å². The van der Waals surface area contributed by atoms with E-state index in [0.717, 1.165) is 12.8 Å². The van der Waals surface area contributed by atoms with E-state index in [0.29, 0.717) is 0 Å². The first kappa shape index (κ1) is 16.6. The van der Waals surface area contributed by atoms with Crippen LogP contribution in [0.25, 0.3) is 0 Å². The molecule has 0 atom stereocenters. The highest BCUT2D eigenvalue weighted by atomic mass is 14.0. The molecule has 0 heteroatoms. The van der Waals surface area contributed by atoms with Gasteiger partial charge in [-0.25, -0.2) is 0 Å². The molecule has 1 aromatic rings. The summed E-state index contributed by atoms with van der Waals surface area (Å²) in [6.45, 7) is 10.8. The van der Waals surface area contributed by atoms with E-state index in [1.54, 1.807) is 0 Å². The molecule has 0 saturated heterocycles. The summed E-state index contributed by atoms with van der Waals surface area (Å²) in [5.41, 5.74) is 4.38. The Labute approximate surface area is 96.7 Å². The Bertz CT molecular complexity index is 248. The molecule has 1 aromatic carbocycles. The molecular formula is C15H28. The molecule has 15 heavy (non-hydrogen) atoms. The lowest BCUT2D eigenvalue weighted by atomic mass is 10.0. The van der Waals surface area contributed by atoms with E-state index >= 15 is 0 Å². The fourth-order valence-corrected chi connectivity index (χ4v) is 1.43. The largest absolute Gasteiger partial charge is 0.0776 e. The number of rotatable bonds is 2. The topological polar surface area (TPSA) is 0 Å². The molecule has 0 unspecified atom stereocenters. The van der Waals surface area contributed by atoms with Gasteiger partial charge in [0, 0.05) is 0 Å². The van der Waals surface area contributed by atoms with Crippen LogP contribution in [-0.4, -0.2) is 0 Å². The number of hydrogen-bond donors (Lipinski definition) is 0. The van der Waals surface area contributed by atoms with Crippen molar-refractivity contribution in [3.05, 3.63) is 34.9 Å². The fourth-order valence-electron chi connectivity index (χ4n) is 1.43. The highest BCUT2D eigenvalue weighted by Gasteiger charge is 1.96. The third-order valence-corrected chi connectivity index (χ3v) is 2.12. The van der Waals surface area contributed by atoms with Gasteiger partial charge in [-0.3, -0.25) is 0 Å². The molecule has 0 radical (unpaired) electrons. The molecule has 0 fully saturated rings. The van der Waals surface area contributed by atoms with Gasteiger partial charge in [0.1, 0.15) is 0 Å². The maximum atomic E-state index is 2.29. The molecule has 0 N–H and O–H groups in total. The Morgan fingerprint density at radius 1 is 0.867 bits per heavy atom. The normalized spacial score (nSPS) is 8.60. The molecule has 0 heterocycles. The van der Waals surface area contributed by atoms with Crippen LogP contribution in [0.15, 0.2) is 18.2 Å². The van der Waals surface area contributed by atoms with Crippen molar-refractivity contribution in [1.82, 2.24) is 0 Å². The minimum Gasteiger partial charge on any atom is -0.0776 e. The van der Waals surface area contributed by atoms with E-state index in [1.165, 1.54) is 23.1 Å². The summed E-state index contributed by atoms with van der Waals surface area (Å²) in [6.07, 6.45) is 3.56. The van der Waals surface area contributed by atoms with E-state index in [2.05, 4.69) is 52.8 Å². The van der Waals surface area contributed by atoms with E-state index < -0.39 is 0 Å². The maximum absolute atomic E-state index is 2.29. The van der Waals surface area contributed by atoms with Gasteiger partial charge in [0.25, 0.3) is 0 Å². The van der Waals surface area contributed by atoms with Crippen LogP contribution in [0.4, 0.5) is 0 Å². The highest BCUT2D eigenvalue weighted by Crippen LogP contribution is 2.12. The predicted octanol–water partition coefficient (Wildman–Crippen LogP) is 5.17. The molecule has 0 aliphatic carbocycles. The molecule has 0 aliphatic heterocycles. The molecular weight excluding hydrogens is 180 g/mol. The van der Waals surface area contributed by atoms with Crippen LogP contribution in [0.2, 0.25) is 0 Å². The second-order valence-electron chi connectivity index (χ2n) is 3.69. The van der Waals surface area contributed by atoms with Crippen molar-refractivity contribution in [2.45, 2.75) is 61.3 Å². The van der Waals surface area contributed by atoms with E-state index in [4.69, 9.17) is 0 Å². The minimum atomic E-state index is 0. The molecule has 0 saturated carbocycles. The molecule has 88 valence electrons. The van der Waals surface area contributed by atoms with Crippen molar-refractivity contribution < 1.29 is 0 Å². The smallest absolute Gasteiger partial charge is 0.0305 e. The average molecular weight is 208 g/mol. The third kappa shape index (κ3) is 6.33. The molecule has 0 aromatic heterocycles. The van der Waals surface area contributed by atoms with Crippen molar-refractivity contribution in [1.29, 1.82) is 0 Å². The first-order valence-electron chi connectivity index (χ1n) is 5.77. The summed E-state index contributed by atoms with van der Waals surface area (Å²) in [5.74, 6) is 0. The molecule has 0 spiro atoms. The molecule has 0 amide bonds. The van der Waals surface area contributed by atoms with Gasteiger partial charge in [0.15, 0.2) is 0 Å². The zero-order valence-corrected chi connectivity index (χ0v) is 10.4. The summed E-state index contributed by atoms with van der Waals surface area (Å²) in [5, 5.41) is 0. The zero-order valence-electron chi connectivity index (χ0n) is 10.4. The van der Waals surface area contributed by atoms with Crippen LogP contribution in [0, 0.1) is 6.92 Å². The van der Waals surface area contributed by atoms with E-state index in [-0.39, 0.29) is 7.43 Å².